The lowest BCUT2D eigenvalue weighted by Gasteiger charge is -2.30. The van der Waals surface area contributed by atoms with Crippen LogP contribution in [0.25, 0.3) is 0 Å². The van der Waals surface area contributed by atoms with Gasteiger partial charge in [-0.1, -0.05) is 24.1 Å². The van der Waals surface area contributed by atoms with Gasteiger partial charge in [-0.15, -0.1) is 13.0 Å². The van der Waals surface area contributed by atoms with Gasteiger partial charge in [0.2, 0.25) is 11.8 Å². The molecule has 1 rings (SSSR count). The number of carbonyl (C=O) groups is 4. The molecule has 0 heterocycles. The molecule has 172 valence electrons. The number of methoxy groups -OCH3 is 1. The zero-order valence-corrected chi connectivity index (χ0v) is 18.8. The van der Waals surface area contributed by atoms with Crippen LogP contribution < -0.4 is 10.6 Å². The van der Waals surface area contributed by atoms with E-state index >= 15 is 0 Å². The van der Waals surface area contributed by atoms with Crippen LogP contribution in [0, 0.1) is 12.3 Å². The Labute approximate surface area is 188 Å². The van der Waals surface area contributed by atoms with Gasteiger partial charge < -0.3 is 25.0 Å². The van der Waals surface area contributed by atoms with E-state index in [-0.39, 0.29) is 13.1 Å². The highest BCUT2D eigenvalue weighted by atomic mass is 16.6. The molecule has 2 N–H and O–H groups in total. The molecule has 0 aliphatic heterocycles. The van der Waals surface area contributed by atoms with Gasteiger partial charge in [0.1, 0.15) is 24.7 Å². The molecule has 0 fully saturated rings. The van der Waals surface area contributed by atoms with Crippen LogP contribution in [0.1, 0.15) is 37.9 Å². The molecule has 3 amide bonds. The van der Waals surface area contributed by atoms with E-state index in [1.54, 1.807) is 45.0 Å². The van der Waals surface area contributed by atoms with E-state index in [0.717, 1.165) is 0 Å². The van der Waals surface area contributed by atoms with E-state index in [4.69, 9.17) is 11.2 Å². The number of alkyl carbamates (subject to hydrolysis) is 1. The number of esters is 1. The van der Waals surface area contributed by atoms with Gasteiger partial charge in [0.25, 0.3) is 0 Å². The topological polar surface area (TPSA) is 114 Å². The van der Waals surface area contributed by atoms with Crippen molar-refractivity contribution in [3.8, 4) is 12.3 Å². The first-order valence-corrected chi connectivity index (χ1v) is 9.80. The first kappa shape index (κ1) is 26.2. The molecule has 0 radical (unpaired) electrons. The molecule has 0 aliphatic rings. The molecule has 1 aromatic carbocycles. The average Bonchev–Trinajstić information content (AvgIpc) is 2.74. The van der Waals surface area contributed by atoms with E-state index in [9.17, 15) is 19.2 Å². The monoisotopic (exact) mass is 443 g/mol. The van der Waals surface area contributed by atoms with Crippen LogP contribution in [0.5, 0.6) is 0 Å². The Kier molecular flexibility index (Phi) is 9.96. The zero-order chi connectivity index (χ0) is 24.3. The number of amides is 3. The van der Waals surface area contributed by atoms with Crippen LogP contribution in [0.2, 0.25) is 0 Å². The number of nitrogens with one attached hydrogen (secondary N) is 2. The Balaban J connectivity index is 3.16. The maximum Gasteiger partial charge on any atom is 0.408 e. The van der Waals surface area contributed by atoms with Crippen LogP contribution in [0.4, 0.5) is 4.79 Å². The number of hydrogen-bond donors (Lipinski definition) is 2. The summed E-state index contributed by atoms with van der Waals surface area (Å²) in [7, 11) is 1.19. The molecule has 1 unspecified atom stereocenters. The number of benzene rings is 1. The molecular formula is C23H29N3O6. The molecule has 0 saturated carbocycles. The first-order valence-electron chi connectivity index (χ1n) is 9.80. The molecule has 0 aromatic heterocycles. The summed E-state index contributed by atoms with van der Waals surface area (Å²) in [5.74, 6) is 0.659. The van der Waals surface area contributed by atoms with E-state index in [0.29, 0.717) is 11.1 Å². The van der Waals surface area contributed by atoms with Crippen molar-refractivity contribution in [2.45, 2.75) is 32.4 Å². The third-order valence-electron chi connectivity index (χ3n) is 4.02. The van der Waals surface area contributed by atoms with Crippen molar-refractivity contribution < 1.29 is 28.7 Å². The third kappa shape index (κ3) is 8.52. The molecule has 0 saturated heterocycles. The van der Waals surface area contributed by atoms with Gasteiger partial charge in [-0.3, -0.25) is 14.4 Å². The summed E-state index contributed by atoms with van der Waals surface area (Å²) in [6.45, 7) is 7.94. The summed E-state index contributed by atoms with van der Waals surface area (Å²) in [6.07, 6.45) is 6.07. The van der Waals surface area contributed by atoms with E-state index in [2.05, 4.69) is 27.9 Å². The minimum absolute atomic E-state index is 0.00202. The Morgan fingerprint density at radius 3 is 2.28 bits per heavy atom. The highest BCUT2D eigenvalue weighted by Gasteiger charge is 2.31. The summed E-state index contributed by atoms with van der Waals surface area (Å²) >= 11 is 0. The molecule has 0 aliphatic carbocycles. The first-order chi connectivity index (χ1) is 15.0. The molecule has 9 heteroatoms. The summed E-state index contributed by atoms with van der Waals surface area (Å²) in [4.78, 5) is 50.5. The normalized spacial score (nSPS) is 11.3. The molecule has 1 atom stereocenters. The van der Waals surface area contributed by atoms with Crippen molar-refractivity contribution in [1.82, 2.24) is 15.5 Å². The summed E-state index contributed by atoms with van der Waals surface area (Å²) < 4.78 is 9.68. The number of terminal acetylenes is 1. The van der Waals surface area contributed by atoms with E-state index in [1.165, 1.54) is 18.1 Å². The maximum absolute atomic E-state index is 13.0. The highest BCUT2D eigenvalue weighted by Crippen LogP contribution is 2.22. The predicted molar refractivity (Wildman–Crippen MR) is 118 cm³/mol. The van der Waals surface area contributed by atoms with Crippen molar-refractivity contribution in [1.29, 1.82) is 0 Å². The number of carbonyl (C=O) groups excluding carboxylic acids is 4. The standard InChI is InChI=1S/C23H29N3O6/c1-7-13-26(18(27)14-25-22(30)32-23(3,4)5)20(21(29)24-15-19(28)31-6)17-11-9-16(8-2)10-12-17/h2,7,9-12,20H,1,13-15H2,3-6H3,(H,24,29)(H,25,30). The summed E-state index contributed by atoms with van der Waals surface area (Å²) in [5.41, 5.74) is 0.317. The zero-order valence-electron chi connectivity index (χ0n) is 18.8. The predicted octanol–water partition coefficient (Wildman–Crippen LogP) is 1.54. The van der Waals surface area contributed by atoms with Gasteiger partial charge in [0, 0.05) is 12.1 Å². The fourth-order valence-corrected chi connectivity index (χ4v) is 2.62. The Hall–Kier alpha value is -3.80. The van der Waals surface area contributed by atoms with E-state index in [1.807, 2.05) is 0 Å². The fourth-order valence-electron chi connectivity index (χ4n) is 2.62. The number of rotatable bonds is 9. The minimum Gasteiger partial charge on any atom is -0.468 e. The van der Waals surface area contributed by atoms with Crippen LogP contribution >= 0.6 is 0 Å². The van der Waals surface area contributed by atoms with E-state index < -0.39 is 42.1 Å². The lowest BCUT2D eigenvalue weighted by molar-refractivity contribution is -0.143. The number of nitrogens with zero attached hydrogens (tertiary/aromatic N) is 1. The second-order valence-electron chi connectivity index (χ2n) is 7.65. The second-order valence-corrected chi connectivity index (χ2v) is 7.65. The fraction of sp³-hybridized carbons (Fsp3) is 0.391. The summed E-state index contributed by atoms with van der Waals surface area (Å²) in [5, 5.41) is 4.84. The lowest BCUT2D eigenvalue weighted by atomic mass is 10.0. The van der Waals surface area contributed by atoms with Crippen molar-refractivity contribution in [2.75, 3.05) is 26.7 Å². The Morgan fingerprint density at radius 2 is 1.78 bits per heavy atom. The largest absolute Gasteiger partial charge is 0.468 e. The van der Waals surface area contributed by atoms with Gasteiger partial charge in [0.15, 0.2) is 0 Å². The van der Waals surface area contributed by atoms with Gasteiger partial charge >= 0.3 is 12.1 Å². The van der Waals surface area contributed by atoms with Crippen LogP contribution in [0.15, 0.2) is 36.9 Å². The Bertz CT molecular complexity index is 880. The Morgan fingerprint density at radius 1 is 1.16 bits per heavy atom. The maximum atomic E-state index is 13.0. The molecule has 1 aromatic rings. The average molecular weight is 444 g/mol. The molecular weight excluding hydrogens is 414 g/mol. The smallest absolute Gasteiger partial charge is 0.408 e. The van der Waals surface area contributed by atoms with Crippen molar-refractivity contribution in [2.24, 2.45) is 0 Å². The number of ether oxygens (including phenoxy) is 2. The summed E-state index contributed by atoms with van der Waals surface area (Å²) in [6, 6.07) is 5.37. The van der Waals surface area contributed by atoms with Crippen molar-refractivity contribution >= 4 is 23.9 Å². The van der Waals surface area contributed by atoms with Crippen LogP contribution in [-0.2, 0) is 23.9 Å². The van der Waals surface area contributed by atoms with Gasteiger partial charge in [-0.2, -0.15) is 0 Å². The molecule has 32 heavy (non-hydrogen) atoms. The van der Waals surface area contributed by atoms with Crippen molar-refractivity contribution in [3.63, 3.8) is 0 Å². The highest BCUT2D eigenvalue weighted by molar-refractivity contribution is 5.92. The second kappa shape index (κ2) is 12.2. The third-order valence-corrected chi connectivity index (χ3v) is 4.02. The van der Waals surface area contributed by atoms with Gasteiger partial charge in [0.05, 0.1) is 7.11 Å². The quantitative estimate of drug-likeness (QED) is 0.340. The lowest BCUT2D eigenvalue weighted by Crippen LogP contribution is -2.48. The SMILES string of the molecule is C#Cc1ccc(C(C(=O)NCC(=O)OC)N(CC=C)C(=O)CNC(=O)OC(C)(C)C)cc1. The minimum atomic E-state index is -1.11. The molecule has 9 nitrogen and oxygen atoms in total. The molecule has 0 spiro atoms. The van der Waals surface area contributed by atoms with Crippen LogP contribution in [0.3, 0.4) is 0 Å². The molecule has 0 bridgehead atoms. The number of hydrogen-bond acceptors (Lipinski definition) is 6. The van der Waals surface area contributed by atoms with Crippen LogP contribution in [-0.4, -0.2) is 61.1 Å². The van der Waals surface area contributed by atoms with Crippen molar-refractivity contribution in [3.05, 3.63) is 48.0 Å². The van der Waals surface area contributed by atoms with Gasteiger partial charge in [-0.25, -0.2) is 4.79 Å². The van der Waals surface area contributed by atoms with Gasteiger partial charge in [-0.05, 0) is 38.5 Å².